The number of nitrogens with two attached hydrogens (primary N) is 1. The van der Waals surface area contributed by atoms with Crippen molar-refractivity contribution >= 4 is 43.5 Å². The lowest BCUT2D eigenvalue weighted by Crippen LogP contribution is -2.13. The third kappa shape index (κ3) is 4.49. The molecular formula is C17H19FN4O3S3. The van der Waals surface area contributed by atoms with Crippen LogP contribution in [0.4, 0.5) is 15.2 Å². The molecule has 3 aromatic rings. The molecule has 28 heavy (non-hydrogen) atoms. The van der Waals surface area contributed by atoms with Crippen LogP contribution in [0.2, 0.25) is 0 Å². The maximum absolute atomic E-state index is 14.5. The number of ether oxygens (including phenoxy) is 1. The Morgan fingerprint density at radius 1 is 1.21 bits per heavy atom. The van der Waals surface area contributed by atoms with Crippen molar-refractivity contribution in [2.24, 2.45) is 5.14 Å². The first kappa shape index (κ1) is 20.6. The summed E-state index contributed by atoms with van der Waals surface area (Å²) in [5.41, 5.74) is 1.25. The van der Waals surface area contributed by atoms with E-state index in [2.05, 4.69) is 15.3 Å². The predicted octanol–water partition coefficient (Wildman–Crippen LogP) is 4.20. The Hall–Kier alpha value is -2.08. The molecule has 0 atom stereocenters. The molecule has 0 aliphatic carbocycles. The molecule has 7 nitrogen and oxygen atoms in total. The van der Waals surface area contributed by atoms with Crippen LogP contribution >= 0.6 is 22.7 Å². The largest absolute Gasteiger partial charge is 0.489 e. The van der Waals surface area contributed by atoms with Crippen molar-refractivity contribution in [3.8, 4) is 16.3 Å². The standard InChI is InChI=1S/C17H19FN4O3S3/c1-8(2)25-13-6-5-11(28(19,23)24)7-12(13)21-17-22-14(16(18)27-17)15-9(3)20-10(4)26-15/h5-8H,1-4H3,(H,21,22)(H2,19,23,24). The number of aryl methyl sites for hydroxylation is 2. The van der Waals surface area contributed by atoms with Crippen molar-refractivity contribution in [3.63, 3.8) is 0 Å². The van der Waals surface area contributed by atoms with E-state index in [1.807, 2.05) is 20.8 Å². The van der Waals surface area contributed by atoms with E-state index in [1.165, 1.54) is 29.5 Å². The molecule has 0 spiro atoms. The van der Waals surface area contributed by atoms with Crippen LogP contribution in [0.3, 0.4) is 0 Å². The lowest BCUT2D eigenvalue weighted by molar-refractivity contribution is 0.243. The number of primary sulfonamides is 1. The van der Waals surface area contributed by atoms with Gasteiger partial charge in [0, 0.05) is 0 Å². The number of sulfonamides is 1. The Bertz CT molecular complexity index is 1120. The maximum atomic E-state index is 14.5. The molecule has 0 bridgehead atoms. The van der Waals surface area contributed by atoms with E-state index in [-0.39, 0.29) is 21.8 Å². The zero-order chi connectivity index (χ0) is 20.6. The van der Waals surface area contributed by atoms with E-state index in [0.29, 0.717) is 22.0 Å². The van der Waals surface area contributed by atoms with E-state index < -0.39 is 15.2 Å². The summed E-state index contributed by atoms with van der Waals surface area (Å²) in [7, 11) is -3.90. The fraction of sp³-hybridized carbons (Fsp3) is 0.294. The molecule has 0 saturated heterocycles. The van der Waals surface area contributed by atoms with Crippen molar-refractivity contribution in [1.82, 2.24) is 9.97 Å². The summed E-state index contributed by atoms with van der Waals surface area (Å²) in [5, 5.41) is 8.80. The summed E-state index contributed by atoms with van der Waals surface area (Å²) in [6.07, 6.45) is -0.146. The van der Waals surface area contributed by atoms with Gasteiger partial charge in [0.15, 0.2) is 5.13 Å². The number of nitrogens with one attached hydrogen (secondary N) is 1. The second-order valence-corrected chi connectivity index (χ2v) is 10.00. The minimum Gasteiger partial charge on any atom is -0.489 e. The quantitative estimate of drug-likeness (QED) is 0.592. The topological polar surface area (TPSA) is 107 Å². The molecule has 2 heterocycles. The fourth-order valence-electron chi connectivity index (χ4n) is 2.50. The molecule has 0 aliphatic rings. The van der Waals surface area contributed by atoms with Gasteiger partial charge in [-0.1, -0.05) is 11.3 Å². The van der Waals surface area contributed by atoms with Crippen molar-refractivity contribution in [3.05, 3.63) is 34.0 Å². The highest BCUT2D eigenvalue weighted by Gasteiger charge is 2.20. The molecule has 0 unspecified atom stereocenters. The molecule has 0 saturated carbocycles. The fourth-order valence-corrected chi connectivity index (χ4v) is 4.72. The van der Waals surface area contributed by atoms with E-state index in [1.54, 1.807) is 6.92 Å². The van der Waals surface area contributed by atoms with Crippen LogP contribution in [0, 0.1) is 19.0 Å². The second-order valence-electron chi connectivity index (χ2n) is 6.28. The molecule has 2 aromatic heterocycles. The SMILES string of the molecule is Cc1nc(C)c(-c2nc(Nc3cc(S(N)(=O)=O)ccc3OC(C)C)sc2F)s1. The van der Waals surface area contributed by atoms with Crippen LogP contribution in [0.5, 0.6) is 5.75 Å². The maximum Gasteiger partial charge on any atom is 0.238 e. The highest BCUT2D eigenvalue weighted by atomic mass is 32.2. The van der Waals surface area contributed by atoms with Gasteiger partial charge in [-0.15, -0.1) is 11.3 Å². The number of halogens is 1. The number of hydrogen-bond donors (Lipinski definition) is 2. The average Bonchev–Trinajstić information content (AvgIpc) is 3.08. The van der Waals surface area contributed by atoms with Crippen molar-refractivity contribution < 1.29 is 17.5 Å². The third-order valence-corrected chi connectivity index (χ3v) is 6.34. The summed E-state index contributed by atoms with van der Waals surface area (Å²) in [4.78, 5) is 9.21. The molecule has 150 valence electrons. The number of rotatable bonds is 6. The van der Waals surface area contributed by atoms with Gasteiger partial charge in [0.05, 0.1) is 32.3 Å². The summed E-state index contributed by atoms with van der Waals surface area (Å²) in [6, 6.07) is 4.20. The second kappa shape index (κ2) is 7.74. The lowest BCUT2D eigenvalue weighted by atomic mass is 10.3. The molecule has 0 fully saturated rings. The first-order valence-electron chi connectivity index (χ1n) is 8.26. The molecular weight excluding hydrogens is 423 g/mol. The zero-order valence-corrected chi connectivity index (χ0v) is 18.1. The molecule has 0 aliphatic heterocycles. The monoisotopic (exact) mass is 442 g/mol. The summed E-state index contributed by atoms with van der Waals surface area (Å²) in [5.74, 6) is 0.407. The van der Waals surface area contributed by atoms with Crippen LogP contribution in [-0.2, 0) is 10.0 Å². The summed E-state index contributed by atoms with van der Waals surface area (Å²) >= 11 is 2.18. The highest BCUT2D eigenvalue weighted by Crippen LogP contribution is 2.38. The minimum absolute atomic E-state index is 0.0858. The van der Waals surface area contributed by atoms with Gasteiger partial charge in [-0.25, -0.2) is 23.5 Å². The van der Waals surface area contributed by atoms with Crippen LogP contribution in [0.1, 0.15) is 24.5 Å². The highest BCUT2D eigenvalue weighted by molar-refractivity contribution is 7.89. The molecule has 3 N–H and O–H groups in total. The summed E-state index contributed by atoms with van der Waals surface area (Å²) < 4.78 is 43.6. The van der Waals surface area contributed by atoms with Gasteiger partial charge < -0.3 is 10.1 Å². The molecule has 11 heteroatoms. The van der Waals surface area contributed by atoms with Gasteiger partial charge in [-0.2, -0.15) is 4.39 Å². The van der Waals surface area contributed by atoms with Gasteiger partial charge in [-0.3, -0.25) is 0 Å². The Labute approximate surface area is 170 Å². The van der Waals surface area contributed by atoms with Gasteiger partial charge >= 0.3 is 0 Å². The average molecular weight is 443 g/mol. The number of anilines is 2. The number of hydrogen-bond acceptors (Lipinski definition) is 8. The van der Waals surface area contributed by atoms with E-state index in [9.17, 15) is 12.8 Å². The first-order chi connectivity index (χ1) is 13.0. The number of thiazole rings is 2. The lowest BCUT2D eigenvalue weighted by Gasteiger charge is -2.15. The molecule has 0 radical (unpaired) electrons. The van der Waals surface area contributed by atoms with E-state index in [0.717, 1.165) is 16.3 Å². The Morgan fingerprint density at radius 3 is 2.50 bits per heavy atom. The number of aromatic nitrogens is 2. The van der Waals surface area contributed by atoms with Gasteiger partial charge in [0.25, 0.3) is 0 Å². The van der Waals surface area contributed by atoms with Crippen LogP contribution < -0.4 is 15.2 Å². The molecule has 1 aromatic carbocycles. The van der Waals surface area contributed by atoms with Crippen molar-refractivity contribution in [2.75, 3.05) is 5.32 Å². The molecule has 3 rings (SSSR count). The smallest absolute Gasteiger partial charge is 0.238 e. The summed E-state index contributed by atoms with van der Waals surface area (Å²) in [6.45, 7) is 7.33. The van der Waals surface area contributed by atoms with Gasteiger partial charge in [0.1, 0.15) is 11.4 Å². The normalized spacial score (nSPS) is 11.8. The van der Waals surface area contributed by atoms with E-state index >= 15 is 0 Å². The first-order valence-corrected chi connectivity index (χ1v) is 11.4. The van der Waals surface area contributed by atoms with Crippen LogP contribution in [-0.4, -0.2) is 24.5 Å². The third-order valence-electron chi connectivity index (χ3n) is 3.59. The van der Waals surface area contributed by atoms with Crippen LogP contribution in [0.25, 0.3) is 10.6 Å². The van der Waals surface area contributed by atoms with Crippen molar-refractivity contribution in [2.45, 2.75) is 38.7 Å². The Morgan fingerprint density at radius 2 is 1.93 bits per heavy atom. The Balaban J connectivity index is 2.01. The van der Waals surface area contributed by atoms with Gasteiger partial charge in [0.2, 0.25) is 15.2 Å². The number of benzene rings is 1. The van der Waals surface area contributed by atoms with Crippen LogP contribution in [0.15, 0.2) is 23.1 Å². The number of nitrogens with zero attached hydrogens (tertiary/aromatic N) is 2. The predicted molar refractivity (Wildman–Crippen MR) is 110 cm³/mol. The van der Waals surface area contributed by atoms with Gasteiger partial charge in [-0.05, 0) is 45.9 Å². The zero-order valence-electron chi connectivity index (χ0n) is 15.6. The minimum atomic E-state index is -3.90. The van der Waals surface area contributed by atoms with Crippen molar-refractivity contribution in [1.29, 1.82) is 0 Å². The molecule has 0 amide bonds. The van der Waals surface area contributed by atoms with E-state index in [4.69, 9.17) is 9.88 Å². The Kier molecular flexibility index (Phi) is 5.71.